The normalized spacial score (nSPS) is 11.5. The van der Waals surface area contributed by atoms with Crippen molar-refractivity contribution in [1.29, 1.82) is 0 Å². The van der Waals surface area contributed by atoms with Crippen LogP contribution in [0.15, 0.2) is 35.8 Å². The van der Waals surface area contributed by atoms with Crippen LogP contribution in [0, 0.1) is 0 Å². The number of benzene rings is 1. The van der Waals surface area contributed by atoms with Gasteiger partial charge in [-0.15, -0.1) is 11.3 Å². The number of aromatic nitrogens is 1. The van der Waals surface area contributed by atoms with Crippen molar-refractivity contribution in [2.75, 3.05) is 11.9 Å². The van der Waals surface area contributed by atoms with E-state index in [9.17, 15) is 13.2 Å². The molecule has 18 heavy (non-hydrogen) atoms. The van der Waals surface area contributed by atoms with Crippen LogP contribution in [-0.4, -0.2) is 11.5 Å². The Bertz CT molecular complexity index is 477. The van der Waals surface area contributed by atoms with Gasteiger partial charge in [0.2, 0.25) is 0 Å². The zero-order valence-electron chi connectivity index (χ0n) is 9.37. The topological polar surface area (TPSA) is 24.9 Å². The molecule has 0 aliphatic carbocycles. The van der Waals surface area contributed by atoms with E-state index in [-0.39, 0.29) is 0 Å². The van der Waals surface area contributed by atoms with Crippen molar-refractivity contribution in [1.82, 2.24) is 4.98 Å². The molecule has 0 aliphatic heterocycles. The fraction of sp³-hybridized carbons (Fsp3) is 0.250. The Morgan fingerprint density at radius 3 is 2.44 bits per heavy atom. The first-order valence-electron chi connectivity index (χ1n) is 5.35. The van der Waals surface area contributed by atoms with Gasteiger partial charge in [-0.1, -0.05) is 0 Å². The summed E-state index contributed by atoms with van der Waals surface area (Å²) in [6, 6.07) is 5.02. The monoisotopic (exact) mass is 272 g/mol. The average molecular weight is 272 g/mol. The van der Waals surface area contributed by atoms with Gasteiger partial charge >= 0.3 is 6.18 Å². The molecule has 0 atom stereocenters. The third-order valence-corrected chi connectivity index (χ3v) is 3.20. The van der Waals surface area contributed by atoms with Gasteiger partial charge < -0.3 is 5.32 Å². The largest absolute Gasteiger partial charge is 0.416 e. The number of hydrogen-bond acceptors (Lipinski definition) is 3. The smallest absolute Gasteiger partial charge is 0.385 e. The van der Waals surface area contributed by atoms with Crippen LogP contribution in [0.25, 0.3) is 0 Å². The third kappa shape index (κ3) is 3.46. The molecule has 0 saturated heterocycles. The summed E-state index contributed by atoms with van der Waals surface area (Å²) in [4.78, 5) is 4.12. The number of nitrogens with zero attached hydrogens (tertiary/aromatic N) is 1. The van der Waals surface area contributed by atoms with E-state index in [1.54, 1.807) is 17.5 Å². The van der Waals surface area contributed by atoms with E-state index in [2.05, 4.69) is 10.3 Å². The Labute approximate surface area is 106 Å². The van der Waals surface area contributed by atoms with E-state index < -0.39 is 11.7 Å². The summed E-state index contributed by atoms with van der Waals surface area (Å²) in [7, 11) is 0. The van der Waals surface area contributed by atoms with E-state index in [4.69, 9.17) is 0 Å². The third-order valence-electron chi connectivity index (χ3n) is 2.36. The molecule has 0 bridgehead atoms. The van der Waals surface area contributed by atoms with E-state index >= 15 is 0 Å². The molecule has 96 valence electrons. The molecule has 2 nitrogen and oxygen atoms in total. The first kappa shape index (κ1) is 12.9. The van der Waals surface area contributed by atoms with Crippen LogP contribution in [0.2, 0.25) is 0 Å². The maximum Gasteiger partial charge on any atom is 0.416 e. The van der Waals surface area contributed by atoms with Gasteiger partial charge in [0.1, 0.15) is 0 Å². The van der Waals surface area contributed by atoms with Crippen molar-refractivity contribution in [3.05, 3.63) is 46.4 Å². The van der Waals surface area contributed by atoms with Crippen LogP contribution in [0.5, 0.6) is 0 Å². The zero-order chi connectivity index (χ0) is 13.0. The minimum atomic E-state index is -4.28. The quantitative estimate of drug-likeness (QED) is 0.915. The summed E-state index contributed by atoms with van der Waals surface area (Å²) in [6.07, 6.45) is -1.78. The van der Waals surface area contributed by atoms with Crippen molar-refractivity contribution in [3.63, 3.8) is 0 Å². The number of rotatable bonds is 4. The number of anilines is 1. The molecule has 1 heterocycles. The predicted molar refractivity (Wildman–Crippen MR) is 65.8 cm³/mol. The maximum atomic E-state index is 12.3. The molecule has 1 aromatic heterocycles. The highest BCUT2D eigenvalue weighted by Gasteiger charge is 2.29. The Hall–Kier alpha value is -1.56. The summed E-state index contributed by atoms with van der Waals surface area (Å²) < 4.78 is 37.0. The van der Waals surface area contributed by atoms with Gasteiger partial charge in [0.05, 0.1) is 10.6 Å². The van der Waals surface area contributed by atoms with Gasteiger partial charge in [-0.2, -0.15) is 13.2 Å². The highest BCUT2D eigenvalue weighted by molar-refractivity contribution is 7.09. The molecular weight excluding hydrogens is 261 g/mol. The van der Waals surface area contributed by atoms with Crippen LogP contribution in [0.1, 0.15) is 10.6 Å². The lowest BCUT2D eigenvalue weighted by Crippen LogP contribution is -2.07. The van der Waals surface area contributed by atoms with Gasteiger partial charge in [-0.05, 0) is 24.3 Å². The van der Waals surface area contributed by atoms with Gasteiger partial charge in [0.25, 0.3) is 0 Å². The molecule has 0 unspecified atom stereocenters. The van der Waals surface area contributed by atoms with Crippen LogP contribution in [0.3, 0.4) is 0 Å². The van der Waals surface area contributed by atoms with E-state index in [1.165, 1.54) is 12.1 Å². The number of thiazole rings is 1. The Morgan fingerprint density at radius 2 is 1.89 bits per heavy atom. The van der Waals surface area contributed by atoms with Crippen LogP contribution in [-0.2, 0) is 12.6 Å². The van der Waals surface area contributed by atoms with Gasteiger partial charge in [-0.25, -0.2) is 4.98 Å². The lowest BCUT2D eigenvalue weighted by Gasteiger charge is -2.08. The zero-order valence-corrected chi connectivity index (χ0v) is 10.2. The lowest BCUT2D eigenvalue weighted by molar-refractivity contribution is -0.137. The van der Waals surface area contributed by atoms with E-state index in [0.717, 1.165) is 23.6 Å². The highest BCUT2D eigenvalue weighted by Crippen LogP contribution is 2.29. The Kier molecular flexibility index (Phi) is 3.86. The first-order chi connectivity index (χ1) is 8.55. The summed E-state index contributed by atoms with van der Waals surface area (Å²) in [5.74, 6) is 0. The van der Waals surface area contributed by atoms with E-state index in [0.29, 0.717) is 12.2 Å². The van der Waals surface area contributed by atoms with Crippen molar-refractivity contribution in [2.24, 2.45) is 0 Å². The minimum Gasteiger partial charge on any atom is -0.385 e. The Morgan fingerprint density at radius 1 is 1.17 bits per heavy atom. The fourth-order valence-electron chi connectivity index (χ4n) is 1.47. The standard InChI is InChI=1S/C12H11F3N2S/c13-12(14,15)9-1-3-10(4-2-9)16-6-5-11-17-7-8-18-11/h1-4,7-8,16H,5-6H2. The lowest BCUT2D eigenvalue weighted by atomic mass is 10.2. The van der Waals surface area contributed by atoms with Crippen LogP contribution in [0.4, 0.5) is 18.9 Å². The molecule has 1 aromatic carbocycles. The van der Waals surface area contributed by atoms with E-state index in [1.807, 2.05) is 5.38 Å². The second-order valence-corrected chi connectivity index (χ2v) is 4.66. The fourth-order valence-corrected chi connectivity index (χ4v) is 2.09. The van der Waals surface area contributed by atoms with Crippen LogP contribution >= 0.6 is 11.3 Å². The van der Waals surface area contributed by atoms with Gasteiger partial charge in [0.15, 0.2) is 0 Å². The maximum absolute atomic E-state index is 12.3. The summed E-state index contributed by atoms with van der Waals surface area (Å²) >= 11 is 1.56. The molecule has 2 rings (SSSR count). The summed E-state index contributed by atoms with van der Waals surface area (Å²) in [5, 5.41) is 5.97. The minimum absolute atomic E-state index is 0.632. The summed E-state index contributed by atoms with van der Waals surface area (Å²) in [6.45, 7) is 0.652. The van der Waals surface area contributed by atoms with Crippen molar-refractivity contribution < 1.29 is 13.2 Å². The molecule has 6 heteroatoms. The van der Waals surface area contributed by atoms with Crippen molar-refractivity contribution in [2.45, 2.75) is 12.6 Å². The number of halogens is 3. The SMILES string of the molecule is FC(F)(F)c1ccc(NCCc2nccs2)cc1. The molecular formula is C12H11F3N2S. The van der Waals surface area contributed by atoms with Crippen molar-refractivity contribution in [3.8, 4) is 0 Å². The molecule has 0 aliphatic rings. The molecule has 0 spiro atoms. The van der Waals surface area contributed by atoms with Crippen LogP contribution < -0.4 is 5.32 Å². The molecule has 0 radical (unpaired) electrons. The molecule has 2 aromatic rings. The highest BCUT2D eigenvalue weighted by atomic mass is 32.1. The predicted octanol–water partition coefficient (Wildman–Crippen LogP) is 3.82. The van der Waals surface area contributed by atoms with Gasteiger partial charge in [0, 0.05) is 30.2 Å². The molecule has 1 N–H and O–H groups in total. The first-order valence-corrected chi connectivity index (χ1v) is 6.23. The second kappa shape index (κ2) is 5.39. The van der Waals surface area contributed by atoms with Gasteiger partial charge in [-0.3, -0.25) is 0 Å². The molecule has 0 saturated carbocycles. The van der Waals surface area contributed by atoms with Crippen molar-refractivity contribution >= 4 is 17.0 Å². The number of alkyl halides is 3. The Balaban J connectivity index is 1.87. The molecule has 0 amide bonds. The second-order valence-electron chi connectivity index (χ2n) is 3.68. The number of hydrogen-bond donors (Lipinski definition) is 1. The summed E-state index contributed by atoms with van der Waals surface area (Å²) in [5.41, 5.74) is 0.0486. The molecule has 0 fully saturated rings. The average Bonchev–Trinajstić information content (AvgIpc) is 2.82. The number of nitrogens with one attached hydrogen (secondary N) is 1.